The molecule has 2 aromatic carbocycles. The van der Waals surface area contributed by atoms with Crippen LogP contribution in [0.4, 0.5) is 16.2 Å². The summed E-state index contributed by atoms with van der Waals surface area (Å²) >= 11 is 0. The smallest absolute Gasteiger partial charge is 0.321 e. The van der Waals surface area contributed by atoms with E-state index in [-0.39, 0.29) is 23.7 Å². The molecule has 42 heavy (non-hydrogen) atoms. The van der Waals surface area contributed by atoms with Gasteiger partial charge in [-0.25, -0.2) is 4.79 Å². The van der Waals surface area contributed by atoms with Crippen molar-refractivity contribution in [1.82, 2.24) is 10.2 Å². The molecule has 0 radical (unpaired) electrons. The van der Waals surface area contributed by atoms with Gasteiger partial charge in [-0.05, 0) is 81.5 Å². The lowest BCUT2D eigenvalue weighted by atomic mass is 9.84. The number of amides is 4. The van der Waals surface area contributed by atoms with Crippen LogP contribution < -0.4 is 15.5 Å². The molecule has 3 N–H and O–H groups in total. The number of nitrogens with one attached hydrogen (secondary N) is 2. The van der Waals surface area contributed by atoms with Crippen LogP contribution in [0.25, 0.3) is 0 Å². The average molecular weight is 596 g/mol. The van der Waals surface area contributed by atoms with E-state index in [2.05, 4.69) is 15.6 Å². The van der Waals surface area contributed by atoms with Crippen molar-refractivity contribution in [2.45, 2.75) is 57.9 Å². The van der Waals surface area contributed by atoms with Crippen LogP contribution in [0, 0.1) is 18.8 Å². The summed E-state index contributed by atoms with van der Waals surface area (Å²) in [5.41, 5.74) is 3.22. The van der Waals surface area contributed by atoms with Gasteiger partial charge in [0.15, 0.2) is 0 Å². The van der Waals surface area contributed by atoms with Gasteiger partial charge in [0.1, 0.15) is 11.8 Å². The van der Waals surface area contributed by atoms with Crippen molar-refractivity contribution in [1.29, 1.82) is 0 Å². The fourth-order valence-corrected chi connectivity index (χ4v) is 6.69. The Labute approximate surface area is 246 Å². The van der Waals surface area contributed by atoms with Gasteiger partial charge in [-0.2, -0.15) is 8.42 Å². The first-order valence-electron chi connectivity index (χ1n) is 14.3. The molecule has 4 aliphatic rings. The summed E-state index contributed by atoms with van der Waals surface area (Å²) < 4.78 is 32.6. The molecule has 0 aromatic heterocycles. The van der Waals surface area contributed by atoms with Crippen LogP contribution in [0.2, 0.25) is 0 Å². The van der Waals surface area contributed by atoms with Crippen LogP contribution in [0.3, 0.4) is 0 Å². The molecule has 3 heterocycles. The maximum Gasteiger partial charge on any atom is 0.321 e. The van der Waals surface area contributed by atoms with Crippen molar-refractivity contribution in [2.24, 2.45) is 16.8 Å². The van der Waals surface area contributed by atoms with E-state index in [4.69, 9.17) is 0 Å². The minimum absolute atomic E-state index is 0.121. The molecule has 12 heteroatoms. The molecule has 2 aromatic rings. The summed E-state index contributed by atoms with van der Waals surface area (Å²) in [4.78, 5) is 48.6. The molecule has 4 amide bonds. The van der Waals surface area contributed by atoms with E-state index in [0.29, 0.717) is 41.9 Å². The predicted octanol–water partition coefficient (Wildman–Crippen LogP) is 3.90. The lowest BCUT2D eigenvalue weighted by Gasteiger charge is -2.30. The Balaban J connectivity index is 1.37. The topological polar surface area (TPSA) is 148 Å². The second-order valence-electron chi connectivity index (χ2n) is 11.6. The van der Waals surface area contributed by atoms with Gasteiger partial charge in [-0.3, -0.25) is 24.0 Å². The molecule has 1 aliphatic carbocycles. The molecule has 0 spiro atoms. The molecule has 2 saturated heterocycles. The fourth-order valence-electron chi connectivity index (χ4n) is 6.20. The SMILES string of the molecule is CC1=NC(NC(=O)Nc2cccc(C(C)S(=O)(=O)O)c2)C(=O)N(CC(=O)N2CC3CCC(CC3)C2)c2c(C)cccc21. The number of aliphatic imine (C=N–C) groups is 1. The number of benzene rings is 2. The number of para-hydroxylation sites is 1. The van der Waals surface area contributed by atoms with E-state index in [0.717, 1.165) is 31.2 Å². The van der Waals surface area contributed by atoms with E-state index in [1.165, 1.54) is 24.0 Å². The first-order valence-corrected chi connectivity index (χ1v) is 15.8. The van der Waals surface area contributed by atoms with Gasteiger partial charge in [0, 0.05) is 30.1 Å². The normalized spacial score (nSPS) is 22.9. The van der Waals surface area contributed by atoms with Crippen LogP contribution in [-0.4, -0.2) is 67.2 Å². The lowest BCUT2D eigenvalue weighted by molar-refractivity contribution is -0.132. The Morgan fingerprint density at radius 2 is 1.69 bits per heavy atom. The van der Waals surface area contributed by atoms with Gasteiger partial charge < -0.3 is 15.5 Å². The summed E-state index contributed by atoms with van der Waals surface area (Å²) in [5, 5.41) is 4.04. The van der Waals surface area contributed by atoms with Crippen molar-refractivity contribution in [3.05, 3.63) is 59.2 Å². The number of rotatable bonds is 6. The number of anilines is 2. The minimum Gasteiger partial charge on any atom is -0.341 e. The van der Waals surface area contributed by atoms with E-state index in [1.54, 1.807) is 19.1 Å². The monoisotopic (exact) mass is 595 g/mol. The number of benzodiazepines with no additional fused rings is 1. The highest BCUT2D eigenvalue weighted by Gasteiger charge is 2.37. The third kappa shape index (κ3) is 6.34. The zero-order chi connectivity index (χ0) is 30.2. The molecular weight excluding hydrogens is 558 g/mol. The molecule has 3 aliphatic heterocycles. The van der Waals surface area contributed by atoms with Gasteiger partial charge in [-0.1, -0.05) is 30.3 Å². The number of aryl methyl sites for hydroxylation is 1. The Bertz CT molecular complexity index is 1520. The summed E-state index contributed by atoms with van der Waals surface area (Å²) in [6, 6.07) is 10.9. The van der Waals surface area contributed by atoms with Crippen LogP contribution >= 0.6 is 0 Å². The second-order valence-corrected chi connectivity index (χ2v) is 13.3. The average Bonchev–Trinajstić information content (AvgIpc) is 3.32. The first-order chi connectivity index (χ1) is 19.9. The number of hydrogen-bond acceptors (Lipinski definition) is 6. The Morgan fingerprint density at radius 1 is 1.05 bits per heavy atom. The van der Waals surface area contributed by atoms with E-state index in [9.17, 15) is 27.4 Å². The largest absolute Gasteiger partial charge is 0.341 e. The van der Waals surface area contributed by atoms with Crippen LogP contribution in [0.5, 0.6) is 0 Å². The zero-order valence-corrected chi connectivity index (χ0v) is 24.9. The minimum atomic E-state index is -4.33. The third-order valence-corrected chi connectivity index (χ3v) is 9.78. The Morgan fingerprint density at radius 3 is 2.33 bits per heavy atom. The summed E-state index contributed by atoms with van der Waals surface area (Å²) in [6.45, 7) is 6.22. The standard InChI is InChI=1S/C30H37N5O6S/c1-18-6-4-9-25-19(2)31-28(33-30(38)32-24-8-5-7-23(14-24)20(3)42(39,40)41)29(37)35(27(18)25)17-26(36)34-15-21-10-11-22(16-34)13-12-21/h4-9,14,20-22,28H,10-13,15-17H2,1-3H3,(H2,32,33,38)(H,39,40,41). The van der Waals surface area contributed by atoms with Crippen LogP contribution in [-0.2, 0) is 19.7 Å². The van der Waals surface area contributed by atoms with E-state index < -0.39 is 33.5 Å². The van der Waals surface area contributed by atoms with Crippen LogP contribution in [0.15, 0.2) is 47.5 Å². The maximum atomic E-state index is 14.0. The highest BCUT2D eigenvalue weighted by molar-refractivity contribution is 7.86. The van der Waals surface area contributed by atoms with Gasteiger partial charge in [0.05, 0.1) is 5.69 Å². The van der Waals surface area contributed by atoms with Crippen molar-refractivity contribution < 1.29 is 27.4 Å². The lowest BCUT2D eigenvalue weighted by Crippen LogP contribution is -2.52. The van der Waals surface area contributed by atoms with Gasteiger partial charge in [0.25, 0.3) is 16.0 Å². The molecule has 11 nitrogen and oxygen atoms in total. The molecule has 2 unspecified atom stereocenters. The summed E-state index contributed by atoms with van der Waals surface area (Å²) in [6.07, 6.45) is 3.22. The quantitative estimate of drug-likeness (QED) is 0.432. The van der Waals surface area contributed by atoms with Crippen molar-refractivity contribution >= 4 is 45.1 Å². The summed E-state index contributed by atoms with van der Waals surface area (Å²) in [5.74, 6) is 0.328. The summed E-state index contributed by atoms with van der Waals surface area (Å²) in [7, 11) is -4.33. The number of fused-ring (bicyclic) bond motifs is 5. The predicted molar refractivity (Wildman–Crippen MR) is 160 cm³/mol. The number of carbonyl (C=O) groups excluding carboxylic acids is 3. The third-order valence-electron chi connectivity index (χ3n) is 8.62. The first kappa shape index (κ1) is 29.7. The molecule has 2 atom stereocenters. The van der Waals surface area contributed by atoms with Crippen molar-refractivity contribution in [3.8, 4) is 0 Å². The Hall–Kier alpha value is -3.77. The zero-order valence-electron chi connectivity index (χ0n) is 24.0. The molecular formula is C30H37N5O6S. The van der Waals surface area contributed by atoms with Crippen LogP contribution in [0.1, 0.15) is 61.5 Å². The highest BCUT2D eigenvalue weighted by Crippen LogP contribution is 2.35. The highest BCUT2D eigenvalue weighted by atomic mass is 32.2. The molecule has 224 valence electrons. The number of hydrogen-bond donors (Lipinski definition) is 3. The van der Waals surface area contributed by atoms with Gasteiger partial charge >= 0.3 is 6.03 Å². The van der Waals surface area contributed by atoms with E-state index in [1.807, 2.05) is 30.0 Å². The molecule has 1 saturated carbocycles. The molecule has 6 rings (SSSR count). The molecule has 3 fully saturated rings. The van der Waals surface area contributed by atoms with Crippen molar-refractivity contribution in [2.75, 3.05) is 29.9 Å². The number of nitrogens with zero attached hydrogens (tertiary/aromatic N) is 3. The Kier molecular flexibility index (Phi) is 8.38. The maximum absolute atomic E-state index is 14.0. The fraction of sp³-hybridized carbons (Fsp3) is 0.467. The van der Waals surface area contributed by atoms with Crippen molar-refractivity contribution in [3.63, 3.8) is 0 Å². The van der Waals surface area contributed by atoms with E-state index >= 15 is 0 Å². The number of urea groups is 1. The second kappa shape index (κ2) is 11.8. The number of carbonyl (C=O) groups is 3. The molecule has 2 bridgehead atoms. The van der Waals surface area contributed by atoms with Gasteiger partial charge in [0.2, 0.25) is 12.1 Å². The van der Waals surface area contributed by atoms with Gasteiger partial charge in [-0.15, -0.1) is 0 Å².